The first kappa shape index (κ1) is 13.6. The molecule has 104 valence electrons. The van der Waals surface area contributed by atoms with Crippen LogP contribution >= 0.6 is 0 Å². The van der Waals surface area contributed by atoms with Crippen molar-refractivity contribution in [1.82, 2.24) is 4.98 Å². The molecule has 0 N–H and O–H groups in total. The summed E-state index contributed by atoms with van der Waals surface area (Å²) in [6, 6.07) is 19.1. The molecule has 0 radical (unpaired) electrons. The Morgan fingerprint density at radius 3 is 2.24 bits per heavy atom. The van der Waals surface area contributed by atoms with Crippen LogP contribution in [0.2, 0.25) is 0 Å². The van der Waals surface area contributed by atoms with Gasteiger partial charge in [0.15, 0.2) is 0 Å². The van der Waals surface area contributed by atoms with Crippen molar-refractivity contribution in [3.63, 3.8) is 0 Å². The number of nitrogens with zero attached hydrogens (tertiary/aromatic N) is 1. The molecule has 2 aromatic carbocycles. The molecule has 3 rings (SSSR count). The van der Waals surface area contributed by atoms with Crippen LogP contribution < -0.4 is 0 Å². The van der Waals surface area contributed by atoms with E-state index in [1.165, 1.54) is 33.4 Å². The predicted octanol–water partition coefficient (Wildman–Crippen LogP) is 5.34. The van der Waals surface area contributed by atoms with E-state index in [0.29, 0.717) is 0 Å². The predicted molar refractivity (Wildman–Crippen MR) is 89.3 cm³/mol. The minimum absolute atomic E-state index is 1.04. The lowest BCUT2D eigenvalue weighted by atomic mass is 9.97. The molecule has 0 spiro atoms. The van der Waals surface area contributed by atoms with Crippen LogP contribution in [0.25, 0.3) is 22.4 Å². The summed E-state index contributed by atoms with van der Waals surface area (Å²) < 4.78 is 0. The summed E-state index contributed by atoms with van der Waals surface area (Å²) in [5, 5.41) is 0. The van der Waals surface area contributed by atoms with E-state index in [4.69, 9.17) is 0 Å². The van der Waals surface area contributed by atoms with Crippen LogP contribution in [0.3, 0.4) is 0 Å². The van der Waals surface area contributed by atoms with Crippen molar-refractivity contribution in [3.8, 4) is 22.4 Å². The Bertz CT molecular complexity index is 787. The van der Waals surface area contributed by atoms with E-state index < -0.39 is 0 Å². The van der Waals surface area contributed by atoms with E-state index in [1.54, 1.807) is 0 Å². The van der Waals surface area contributed by atoms with Crippen molar-refractivity contribution in [2.45, 2.75) is 20.8 Å². The molecule has 0 saturated carbocycles. The number of benzene rings is 2. The molecular formula is C20H19N. The molecule has 1 aromatic heterocycles. The first-order valence-corrected chi connectivity index (χ1v) is 7.25. The van der Waals surface area contributed by atoms with E-state index in [0.717, 1.165) is 5.69 Å². The SMILES string of the molecule is Cc1cccc(-c2cc(C)c(-c3ccccc3C)cn2)c1. The first-order valence-electron chi connectivity index (χ1n) is 7.25. The van der Waals surface area contributed by atoms with E-state index in [-0.39, 0.29) is 0 Å². The third-order valence-corrected chi connectivity index (χ3v) is 3.86. The smallest absolute Gasteiger partial charge is 0.0705 e. The van der Waals surface area contributed by atoms with Gasteiger partial charge in [0, 0.05) is 17.3 Å². The summed E-state index contributed by atoms with van der Waals surface area (Å²) in [7, 11) is 0. The van der Waals surface area contributed by atoms with Gasteiger partial charge < -0.3 is 0 Å². The Balaban J connectivity index is 2.07. The van der Waals surface area contributed by atoms with Crippen LogP contribution in [-0.4, -0.2) is 4.98 Å². The summed E-state index contributed by atoms with van der Waals surface area (Å²) in [5.74, 6) is 0. The molecule has 0 amide bonds. The lowest BCUT2D eigenvalue weighted by molar-refractivity contribution is 1.27. The van der Waals surface area contributed by atoms with Crippen LogP contribution in [0.15, 0.2) is 60.8 Å². The fourth-order valence-corrected chi connectivity index (χ4v) is 2.68. The second-order valence-corrected chi connectivity index (χ2v) is 5.57. The van der Waals surface area contributed by atoms with E-state index in [9.17, 15) is 0 Å². The Hall–Kier alpha value is -2.41. The van der Waals surface area contributed by atoms with E-state index >= 15 is 0 Å². The monoisotopic (exact) mass is 273 g/mol. The van der Waals surface area contributed by atoms with Gasteiger partial charge in [-0.15, -0.1) is 0 Å². The summed E-state index contributed by atoms with van der Waals surface area (Å²) >= 11 is 0. The highest BCUT2D eigenvalue weighted by Crippen LogP contribution is 2.28. The van der Waals surface area contributed by atoms with Gasteiger partial charge in [0.25, 0.3) is 0 Å². The standard InChI is InChI=1S/C20H19N/c1-14-7-6-9-17(11-14)20-12-16(3)19(13-21-20)18-10-5-4-8-15(18)2/h4-13H,1-3H3. The molecule has 0 aliphatic heterocycles. The summed E-state index contributed by atoms with van der Waals surface area (Å²) in [6.45, 7) is 6.41. The minimum Gasteiger partial charge on any atom is -0.256 e. The molecule has 0 bridgehead atoms. The Morgan fingerprint density at radius 2 is 1.52 bits per heavy atom. The van der Waals surface area contributed by atoms with Crippen LogP contribution in [-0.2, 0) is 0 Å². The molecule has 0 unspecified atom stereocenters. The van der Waals surface area contributed by atoms with Gasteiger partial charge in [0.2, 0.25) is 0 Å². The Labute approximate surface area is 126 Å². The van der Waals surface area contributed by atoms with Crippen molar-refractivity contribution in [3.05, 3.63) is 77.5 Å². The fraction of sp³-hybridized carbons (Fsp3) is 0.150. The maximum atomic E-state index is 4.67. The van der Waals surface area contributed by atoms with Gasteiger partial charge in [-0.25, -0.2) is 0 Å². The van der Waals surface area contributed by atoms with Gasteiger partial charge in [0.1, 0.15) is 0 Å². The number of pyridine rings is 1. The molecule has 1 heterocycles. The Morgan fingerprint density at radius 1 is 0.714 bits per heavy atom. The fourth-order valence-electron chi connectivity index (χ4n) is 2.68. The maximum absolute atomic E-state index is 4.67. The van der Waals surface area contributed by atoms with Gasteiger partial charge in [-0.1, -0.05) is 48.0 Å². The second-order valence-electron chi connectivity index (χ2n) is 5.57. The third-order valence-electron chi connectivity index (χ3n) is 3.86. The largest absolute Gasteiger partial charge is 0.256 e. The zero-order chi connectivity index (χ0) is 14.8. The normalized spacial score (nSPS) is 10.6. The average molecular weight is 273 g/mol. The van der Waals surface area contributed by atoms with Crippen LogP contribution in [0, 0.1) is 20.8 Å². The van der Waals surface area contributed by atoms with Crippen LogP contribution in [0.4, 0.5) is 0 Å². The second kappa shape index (κ2) is 5.53. The van der Waals surface area contributed by atoms with Gasteiger partial charge in [-0.2, -0.15) is 0 Å². The highest BCUT2D eigenvalue weighted by molar-refractivity contribution is 5.72. The molecule has 0 fully saturated rings. The first-order chi connectivity index (χ1) is 10.1. The van der Waals surface area contributed by atoms with Gasteiger partial charge in [-0.05, 0) is 49.6 Å². The Kier molecular flexibility index (Phi) is 3.57. The molecule has 1 nitrogen and oxygen atoms in total. The van der Waals surface area contributed by atoms with Crippen molar-refractivity contribution >= 4 is 0 Å². The lowest BCUT2D eigenvalue weighted by Gasteiger charge is -2.11. The molecule has 21 heavy (non-hydrogen) atoms. The number of aromatic nitrogens is 1. The zero-order valence-electron chi connectivity index (χ0n) is 12.7. The highest BCUT2D eigenvalue weighted by Gasteiger charge is 2.07. The summed E-state index contributed by atoms with van der Waals surface area (Å²) in [6.07, 6.45) is 2.00. The van der Waals surface area contributed by atoms with E-state index in [2.05, 4.69) is 80.4 Å². The summed E-state index contributed by atoms with van der Waals surface area (Å²) in [5.41, 5.74) is 8.49. The number of rotatable bonds is 2. The van der Waals surface area contributed by atoms with E-state index in [1.807, 2.05) is 6.20 Å². The van der Waals surface area contributed by atoms with Crippen molar-refractivity contribution in [1.29, 1.82) is 0 Å². The minimum atomic E-state index is 1.04. The van der Waals surface area contributed by atoms with Crippen LogP contribution in [0.1, 0.15) is 16.7 Å². The van der Waals surface area contributed by atoms with Gasteiger partial charge in [0.05, 0.1) is 5.69 Å². The zero-order valence-corrected chi connectivity index (χ0v) is 12.7. The number of hydrogen-bond donors (Lipinski definition) is 0. The van der Waals surface area contributed by atoms with Crippen LogP contribution in [0.5, 0.6) is 0 Å². The van der Waals surface area contributed by atoms with Gasteiger partial charge in [-0.3, -0.25) is 4.98 Å². The van der Waals surface area contributed by atoms with Crippen molar-refractivity contribution < 1.29 is 0 Å². The number of aryl methyl sites for hydroxylation is 3. The van der Waals surface area contributed by atoms with Gasteiger partial charge >= 0.3 is 0 Å². The molecule has 0 aliphatic carbocycles. The quantitative estimate of drug-likeness (QED) is 0.614. The topological polar surface area (TPSA) is 12.9 Å². The highest BCUT2D eigenvalue weighted by atomic mass is 14.7. The molecule has 0 atom stereocenters. The average Bonchev–Trinajstić information content (AvgIpc) is 2.48. The van der Waals surface area contributed by atoms with Crippen molar-refractivity contribution in [2.75, 3.05) is 0 Å². The lowest BCUT2D eigenvalue weighted by Crippen LogP contribution is -1.91. The number of hydrogen-bond acceptors (Lipinski definition) is 1. The van der Waals surface area contributed by atoms with Crippen molar-refractivity contribution in [2.24, 2.45) is 0 Å². The molecular weight excluding hydrogens is 254 g/mol. The maximum Gasteiger partial charge on any atom is 0.0705 e. The molecule has 0 saturated heterocycles. The molecule has 1 heteroatoms. The third kappa shape index (κ3) is 2.73. The summed E-state index contributed by atoms with van der Waals surface area (Å²) in [4.78, 5) is 4.67. The molecule has 0 aliphatic rings. The molecule has 3 aromatic rings.